The van der Waals surface area contributed by atoms with Crippen molar-refractivity contribution in [1.29, 1.82) is 0 Å². The van der Waals surface area contributed by atoms with Gasteiger partial charge in [0.25, 0.3) is 5.88 Å². The maximum Gasteiger partial charge on any atom is 0.534 e. The number of carbonyl (C=O) groups is 1. The van der Waals surface area contributed by atoms with Gasteiger partial charge in [0, 0.05) is 18.2 Å². The van der Waals surface area contributed by atoms with Crippen molar-refractivity contribution in [3.05, 3.63) is 11.3 Å². The van der Waals surface area contributed by atoms with Crippen molar-refractivity contribution in [3.8, 4) is 5.88 Å². The number of fused-ring (bicyclic) bond motifs is 1. The topological polar surface area (TPSA) is 113 Å². The van der Waals surface area contributed by atoms with Crippen LogP contribution in [0.4, 0.5) is 18.0 Å². The Morgan fingerprint density at radius 1 is 1.52 bits per heavy atom. The molecule has 0 fully saturated rings. The Hall–Kier alpha value is -1.98. The van der Waals surface area contributed by atoms with Gasteiger partial charge in [0.2, 0.25) is 0 Å². The van der Waals surface area contributed by atoms with Crippen LogP contribution in [0.1, 0.15) is 18.2 Å². The van der Waals surface area contributed by atoms with Gasteiger partial charge in [-0.15, -0.1) is 5.10 Å². The number of aromatic nitrogens is 2. The van der Waals surface area contributed by atoms with Gasteiger partial charge in [-0.05, 0) is 6.92 Å². The number of halogens is 3. The number of nitrogens with zero attached hydrogens (tertiary/aromatic N) is 2. The van der Waals surface area contributed by atoms with E-state index in [1.54, 1.807) is 6.92 Å². The smallest absolute Gasteiger partial charge is 0.465 e. The summed E-state index contributed by atoms with van der Waals surface area (Å²) in [4.78, 5) is 12.0. The molecule has 0 bridgehead atoms. The first-order valence-electron chi connectivity index (χ1n) is 5.59. The number of H-pyrrole nitrogens is 1. The van der Waals surface area contributed by atoms with Crippen molar-refractivity contribution < 1.29 is 35.7 Å². The van der Waals surface area contributed by atoms with Gasteiger partial charge in [-0.3, -0.25) is 5.10 Å². The molecule has 0 spiro atoms. The van der Waals surface area contributed by atoms with Crippen LogP contribution in [0.5, 0.6) is 5.88 Å². The second-order valence-corrected chi connectivity index (χ2v) is 5.97. The predicted molar refractivity (Wildman–Crippen MR) is 60.9 cm³/mol. The highest BCUT2D eigenvalue weighted by Crippen LogP contribution is 2.32. The molecule has 1 aromatic heterocycles. The van der Waals surface area contributed by atoms with Crippen LogP contribution in [0.2, 0.25) is 0 Å². The highest BCUT2D eigenvalue weighted by Gasteiger charge is 2.49. The van der Waals surface area contributed by atoms with Crippen LogP contribution in [0.3, 0.4) is 0 Å². The van der Waals surface area contributed by atoms with E-state index in [-0.39, 0.29) is 18.5 Å². The minimum atomic E-state index is -5.85. The zero-order valence-corrected chi connectivity index (χ0v) is 11.3. The molecule has 118 valence electrons. The fourth-order valence-corrected chi connectivity index (χ4v) is 2.36. The molecule has 12 heteroatoms. The maximum absolute atomic E-state index is 12.3. The summed E-state index contributed by atoms with van der Waals surface area (Å²) in [5.74, 6) is -0.791. The number of carboxylic acid groups (broad SMARTS) is 1. The monoisotopic (exact) mass is 329 g/mol. The van der Waals surface area contributed by atoms with Crippen molar-refractivity contribution in [2.75, 3.05) is 0 Å². The minimum Gasteiger partial charge on any atom is -0.465 e. The summed E-state index contributed by atoms with van der Waals surface area (Å²) in [5, 5.41) is 14.7. The Kier molecular flexibility index (Phi) is 3.51. The Bertz CT molecular complexity index is 669. The number of hydrogen-bond donors (Lipinski definition) is 2. The molecule has 2 rings (SSSR count). The van der Waals surface area contributed by atoms with E-state index in [2.05, 4.69) is 14.4 Å². The fourth-order valence-electron chi connectivity index (χ4n) is 1.92. The molecule has 0 radical (unpaired) electrons. The lowest BCUT2D eigenvalue weighted by Crippen LogP contribution is -2.41. The molecule has 21 heavy (non-hydrogen) atoms. The molecule has 0 aliphatic carbocycles. The van der Waals surface area contributed by atoms with Gasteiger partial charge in [-0.1, -0.05) is 0 Å². The SMILES string of the molecule is C[C@H]1Cc2[nH]nc(OS(=O)(=O)C(F)(F)F)c2CN1C(=O)O. The van der Waals surface area contributed by atoms with Crippen molar-refractivity contribution in [3.63, 3.8) is 0 Å². The van der Waals surface area contributed by atoms with Crippen LogP contribution >= 0.6 is 0 Å². The first-order chi connectivity index (χ1) is 9.53. The molecule has 1 aliphatic heterocycles. The molecule has 0 saturated carbocycles. The number of nitrogens with one attached hydrogen (secondary N) is 1. The molecule has 0 aromatic carbocycles. The summed E-state index contributed by atoms with van der Waals surface area (Å²) in [6.07, 6.45) is -1.12. The van der Waals surface area contributed by atoms with E-state index in [9.17, 15) is 26.4 Å². The van der Waals surface area contributed by atoms with Crippen LogP contribution in [0, 0.1) is 0 Å². The lowest BCUT2D eigenvalue weighted by Gasteiger charge is -2.30. The Morgan fingerprint density at radius 3 is 2.67 bits per heavy atom. The molecule has 1 aliphatic rings. The summed E-state index contributed by atoms with van der Waals surface area (Å²) in [6, 6.07) is -0.428. The minimum absolute atomic E-state index is 0.0247. The highest BCUT2D eigenvalue weighted by molar-refractivity contribution is 7.87. The number of aromatic amines is 1. The van der Waals surface area contributed by atoms with Crippen molar-refractivity contribution >= 4 is 16.2 Å². The van der Waals surface area contributed by atoms with Crippen molar-refractivity contribution in [2.24, 2.45) is 0 Å². The lowest BCUT2D eigenvalue weighted by molar-refractivity contribution is -0.0501. The number of hydrogen-bond acceptors (Lipinski definition) is 5. The highest BCUT2D eigenvalue weighted by atomic mass is 32.2. The summed E-state index contributed by atoms with van der Waals surface area (Å²) in [6.45, 7) is 1.29. The Labute approximate surface area is 116 Å². The predicted octanol–water partition coefficient (Wildman–Crippen LogP) is 1.06. The van der Waals surface area contributed by atoms with E-state index in [1.165, 1.54) is 0 Å². The van der Waals surface area contributed by atoms with Gasteiger partial charge in [-0.25, -0.2) is 4.79 Å². The van der Waals surface area contributed by atoms with Gasteiger partial charge >= 0.3 is 21.7 Å². The van der Waals surface area contributed by atoms with E-state index in [0.717, 1.165) is 4.90 Å². The third-order valence-electron chi connectivity index (χ3n) is 2.99. The van der Waals surface area contributed by atoms with Crippen LogP contribution in [0.15, 0.2) is 0 Å². The average molecular weight is 329 g/mol. The summed E-state index contributed by atoms with van der Waals surface area (Å²) in [5.41, 5.74) is -5.27. The summed E-state index contributed by atoms with van der Waals surface area (Å²) in [7, 11) is -5.85. The number of amides is 1. The van der Waals surface area contributed by atoms with Crippen molar-refractivity contribution in [1.82, 2.24) is 15.1 Å². The summed E-state index contributed by atoms with van der Waals surface area (Å²) >= 11 is 0. The van der Waals surface area contributed by atoms with Gasteiger partial charge in [-0.2, -0.15) is 21.6 Å². The Balaban J connectivity index is 2.33. The molecule has 0 unspecified atom stereocenters. The molecule has 2 heterocycles. The maximum atomic E-state index is 12.3. The van der Waals surface area contributed by atoms with Crippen molar-refractivity contribution in [2.45, 2.75) is 31.4 Å². The number of rotatable bonds is 2. The average Bonchev–Trinajstić information content (AvgIpc) is 2.68. The first-order valence-corrected chi connectivity index (χ1v) is 7.00. The van der Waals surface area contributed by atoms with Gasteiger partial charge in [0.1, 0.15) is 0 Å². The normalized spacial score (nSPS) is 19.2. The molecular weight excluding hydrogens is 319 g/mol. The molecule has 8 nitrogen and oxygen atoms in total. The van der Waals surface area contributed by atoms with Gasteiger partial charge < -0.3 is 14.2 Å². The van der Waals surface area contributed by atoms with E-state index in [1.807, 2.05) is 0 Å². The second kappa shape index (κ2) is 4.79. The molecule has 0 saturated heterocycles. The molecule has 1 atom stereocenters. The standard InChI is InChI=1S/C9H10F3N3O5S/c1-4-2-6-5(3-15(4)8(16)17)7(14-13-6)20-21(18,19)9(10,11)12/h4H,2-3H2,1H3,(H,13,14)(H,16,17)/t4-/m0/s1. The zero-order chi connectivity index (χ0) is 16.0. The quantitative estimate of drug-likeness (QED) is 0.620. The molecule has 1 amide bonds. The van der Waals surface area contributed by atoms with E-state index in [4.69, 9.17) is 5.11 Å². The third-order valence-corrected chi connectivity index (χ3v) is 3.94. The molecule has 2 N–H and O–H groups in total. The van der Waals surface area contributed by atoms with E-state index < -0.39 is 33.6 Å². The second-order valence-electron chi connectivity index (χ2n) is 4.43. The fraction of sp³-hybridized carbons (Fsp3) is 0.556. The molecule has 1 aromatic rings. The van der Waals surface area contributed by atoms with Crippen LogP contribution in [0.25, 0.3) is 0 Å². The van der Waals surface area contributed by atoms with E-state index in [0.29, 0.717) is 5.69 Å². The van der Waals surface area contributed by atoms with Gasteiger partial charge in [0.15, 0.2) is 0 Å². The Morgan fingerprint density at radius 2 is 2.14 bits per heavy atom. The largest absolute Gasteiger partial charge is 0.534 e. The third kappa shape index (κ3) is 2.75. The van der Waals surface area contributed by atoms with Gasteiger partial charge in [0.05, 0.1) is 12.1 Å². The zero-order valence-electron chi connectivity index (χ0n) is 10.5. The van der Waals surface area contributed by atoms with Crippen LogP contribution in [-0.4, -0.2) is 46.3 Å². The lowest BCUT2D eigenvalue weighted by atomic mass is 10.0. The van der Waals surface area contributed by atoms with E-state index >= 15 is 0 Å². The van der Waals surface area contributed by atoms with Crippen LogP contribution < -0.4 is 4.18 Å². The van der Waals surface area contributed by atoms with Crippen LogP contribution in [-0.2, 0) is 23.1 Å². The molecular formula is C9H10F3N3O5S. The summed E-state index contributed by atoms with van der Waals surface area (Å²) < 4.78 is 62.7. The number of alkyl halides is 3. The first kappa shape index (κ1) is 15.4.